The molecule has 2 N–H and O–H groups in total. The van der Waals surface area contributed by atoms with Crippen molar-refractivity contribution >= 4 is 43.6 Å². The molecule has 49 heavy (non-hydrogen) atoms. The molecule has 0 radical (unpaired) electrons. The molecule has 240 valence electrons. The van der Waals surface area contributed by atoms with Gasteiger partial charge in [0.15, 0.2) is 0 Å². The average Bonchev–Trinajstić information content (AvgIpc) is 3.73. The minimum absolute atomic E-state index is 0.983. The van der Waals surface area contributed by atoms with Gasteiger partial charge in [-0.05, 0) is 161 Å². The Bertz CT molecular complexity index is 2620. The molecular formula is C45H41N4+. The van der Waals surface area contributed by atoms with Crippen molar-refractivity contribution in [3.63, 3.8) is 0 Å². The molecule has 5 heterocycles. The number of aryl methyl sites for hydroxylation is 8. The minimum Gasteiger partial charge on any atom is -0.354 e. The van der Waals surface area contributed by atoms with E-state index in [9.17, 15) is 0 Å². The van der Waals surface area contributed by atoms with Gasteiger partial charge in [-0.25, -0.2) is 4.98 Å². The Morgan fingerprint density at radius 1 is 0.367 bits per heavy atom. The highest BCUT2D eigenvalue weighted by molar-refractivity contribution is 6.10. The first-order chi connectivity index (χ1) is 23.4. The summed E-state index contributed by atoms with van der Waals surface area (Å²) in [7, 11) is 2.21. The highest BCUT2D eigenvalue weighted by Gasteiger charge is 2.29. The minimum atomic E-state index is 0.983. The van der Waals surface area contributed by atoms with E-state index in [1.54, 1.807) is 0 Å². The molecule has 0 spiro atoms. The zero-order valence-electron chi connectivity index (χ0n) is 29.8. The van der Waals surface area contributed by atoms with E-state index < -0.39 is 0 Å². The molecule has 2 aliphatic rings. The standard InChI is InChI=1S/C45H40N4/c1-22-10-30-31(11-23(22)2)39-19-41-33-13-25(4)27(6)15-35(33)43(48-41)21-45-37-17-29(8)28(7)16-36(37)44(49(45)9)20-42-34-14-26(5)24(3)12-32(34)40(47-42)18-38(30)46-39/h10-21H,1-9H3,(H,46,47,48)/p+1. The highest BCUT2D eigenvalue weighted by atomic mass is 15.0. The molecule has 0 unspecified atom stereocenters. The zero-order valence-corrected chi connectivity index (χ0v) is 29.8. The van der Waals surface area contributed by atoms with Crippen molar-refractivity contribution in [1.82, 2.24) is 15.0 Å². The summed E-state index contributed by atoms with van der Waals surface area (Å²) in [4.78, 5) is 13.1. The van der Waals surface area contributed by atoms with Gasteiger partial charge in [0, 0.05) is 55.8 Å². The van der Waals surface area contributed by atoms with Crippen LogP contribution in [0.5, 0.6) is 0 Å². The number of nitrogens with zero attached hydrogens (tertiary/aromatic N) is 2. The average molecular weight is 638 g/mol. The van der Waals surface area contributed by atoms with Gasteiger partial charge in [0.1, 0.15) is 7.05 Å². The molecule has 0 fully saturated rings. The zero-order chi connectivity index (χ0) is 34.0. The van der Waals surface area contributed by atoms with E-state index >= 15 is 0 Å². The second-order valence-corrected chi connectivity index (χ2v) is 14.6. The number of hydrogen-bond donors (Lipinski definition) is 2. The Kier molecular flexibility index (Phi) is 6.21. The van der Waals surface area contributed by atoms with E-state index in [2.05, 4.69) is 150 Å². The smallest absolute Gasteiger partial charge is 0.215 e. The number of aromatic amines is 2. The molecule has 7 aromatic rings. The molecule has 0 atom stereocenters. The van der Waals surface area contributed by atoms with Crippen molar-refractivity contribution in [2.75, 3.05) is 0 Å². The van der Waals surface area contributed by atoms with Crippen molar-refractivity contribution in [2.24, 2.45) is 7.05 Å². The first kappa shape index (κ1) is 29.6. The van der Waals surface area contributed by atoms with Crippen molar-refractivity contribution in [2.45, 2.75) is 55.4 Å². The fraction of sp³-hybridized carbons (Fsp3) is 0.200. The third kappa shape index (κ3) is 4.36. The fourth-order valence-corrected chi connectivity index (χ4v) is 7.88. The Hall–Kier alpha value is -5.48. The molecule has 9 rings (SSSR count). The van der Waals surface area contributed by atoms with Crippen LogP contribution >= 0.6 is 0 Å². The lowest BCUT2D eigenvalue weighted by Crippen LogP contribution is -2.28. The van der Waals surface area contributed by atoms with Crippen LogP contribution in [0.1, 0.15) is 44.5 Å². The lowest BCUT2D eigenvalue weighted by atomic mass is 9.97. The van der Waals surface area contributed by atoms with E-state index in [0.717, 1.165) is 33.5 Å². The molecule has 2 aliphatic heterocycles. The van der Waals surface area contributed by atoms with Crippen LogP contribution < -0.4 is 4.57 Å². The summed E-state index contributed by atoms with van der Waals surface area (Å²) in [6.07, 6.45) is 0. The molecule has 4 heteroatoms. The molecule has 0 saturated heterocycles. The van der Waals surface area contributed by atoms with Crippen LogP contribution in [-0.2, 0) is 7.05 Å². The Balaban J connectivity index is 1.54. The van der Waals surface area contributed by atoms with Crippen molar-refractivity contribution < 1.29 is 4.57 Å². The highest BCUT2D eigenvalue weighted by Crippen LogP contribution is 2.41. The summed E-state index contributed by atoms with van der Waals surface area (Å²) in [5.41, 5.74) is 23.9. The monoisotopic (exact) mass is 637 g/mol. The molecule has 4 nitrogen and oxygen atoms in total. The van der Waals surface area contributed by atoms with Gasteiger partial charge in [-0.1, -0.05) is 0 Å². The number of hydrogen-bond acceptors (Lipinski definition) is 1. The van der Waals surface area contributed by atoms with Crippen molar-refractivity contribution in [1.29, 1.82) is 0 Å². The van der Waals surface area contributed by atoms with Gasteiger partial charge in [0.2, 0.25) is 11.4 Å². The molecule has 4 aromatic carbocycles. The maximum Gasteiger partial charge on any atom is 0.215 e. The van der Waals surface area contributed by atoms with Gasteiger partial charge < -0.3 is 9.97 Å². The number of fused-ring (bicyclic) bond motifs is 20. The second-order valence-electron chi connectivity index (χ2n) is 14.6. The molecular weight excluding hydrogens is 597 g/mol. The van der Waals surface area contributed by atoms with E-state index in [1.165, 1.54) is 99.7 Å². The lowest BCUT2D eigenvalue weighted by Gasteiger charge is -2.05. The van der Waals surface area contributed by atoms with Gasteiger partial charge >= 0.3 is 0 Å². The van der Waals surface area contributed by atoms with Crippen LogP contribution in [0.3, 0.4) is 0 Å². The van der Waals surface area contributed by atoms with Crippen LogP contribution in [0.2, 0.25) is 0 Å². The summed E-state index contributed by atoms with van der Waals surface area (Å²) in [6.45, 7) is 17.6. The summed E-state index contributed by atoms with van der Waals surface area (Å²) in [5, 5.41) is 4.88. The van der Waals surface area contributed by atoms with Crippen LogP contribution in [0.25, 0.3) is 88.6 Å². The summed E-state index contributed by atoms with van der Waals surface area (Å²) < 4.78 is 2.37. The predicted octanol–water partition coefficient (Wildman–Crippen LogP) is 11.2. The van der Waals surface area contributed by atoms with Crippen molar-refractivity contribution in [3.8, 4) is 45.0 Å². The van der Waals surface area contributed by atoms with Crippen molar-refractivity contribution in [3.05, 3.63) is 117 Å². The summed E-state index contributed by atoms with van der Waals surface area (Å²) >= 11 is 0. The Morgan fingerprint density at radius 3 is 1.00 bits per heavy atom. The number of nitrogens with one attached hydrogen (secondary N) is 2. The first-order valence-corrected chi connectivity index (χ1v) is 17.3. The fourth-order valence-electron chi connectivity index (χ4n) is 7.88. The number of H-pyrrole nitrogens is 2. The first-order valence-electron chi connectivity index (χ1n) is 17.3. The SMILES string of the molecule is Cc1cc2c(cc1C)-c1cc3[nH]c(cc4[n+](C)c(cc5[nH]c(cc-2n1)c1cc(C)c(C)cc51)-c1cc(C)c(C)cc1-4)c1cc(C)c(C)cc31. The third-order valence-electron chi connectivity index (χ3n) is 11.4. The second kappa shape index (κ2) is 10.3. The summed E-state index contributed by atoms with van der Waals surface area (Å²) in [6, 6.07) is 27.9. The maximum absolute atomic E-state index is 5.38. The maximum atomic E-state index is 5.38. The lowest BCUT2D eigenvalue weighted by molar-refractivity contribution is -0.645. The van der Waals surface area contributed by atoms with E-state index in [0.29, 0.717) is 0 Å². The molecule has 0 aliphatic carbocycles. The normalized spacial score (nSPS) is 12.2. The largest absolute Gasteiger partial charge is 0.354 e. The molecule has 3 aromatic heterocycles. The van der Waals surface area contributed by atoms with Crippen LogP contribution in [0, 0.1) is 55.4 Å². The Morgan fingerprint density at radius 2 is 0.653 bits per heavy atom. The topological polar surface area (TPSA) is 48.3 Å². The van der Waals surface area contributed by atoms with Gasteiger partial charge in [0.05, 0.1) is 33.5 Å². The quantitative estimate of drug-likeness (QED) is 0.160. The van der Waals surface area contributed by atoms with Gasteiger partial charge in [-0.2, -0.15) is 4.57 Å². The molecule has 0 amide bonds. The van der Waals surface area contributed by atoms with E-state index in [1.807, 2.05) is 0 Å². The Labute approximate surface area is 287 Å². The molecule has 0 saturated carbocycles. The van der Waals surface area contributed by atoms with Crippen LogP contribution in [-0.4, -0.2) is 15.0 Å². The predicted molar refractivity (Wildman–Crippen MR) is 206 cm³/mol. The van der Waals surface area contributed by atoms with Gasteiger partial charge in [-0.3, -0.25) is 0 Å². The van der Waals surface area contributed by atoms with Crippen LogP contribution in [0.4, 0.5) is 0 Å². The number of rotatable bonds is 0. The van der Waals surface area contributed by atoms with Gasteiger partial charge in [0.25, 0.3) is 0 Å². The number of aromatic nitrogens is 4. The van der Waals surface area contributed by atoms with Gasteiger partial charge in [-0.15, -0.1) is 0 Å². The van der Waals surface area contributed by atoms with E-state index in [-0.39, 0.29) is 0 Å². The third-order valence-corrected chi connectivity index (χ3v) is 11.4. The summed E-state index contributed by atoms with van der Waals surface area (Å²) in [5.74, 6) is 0. The van der Waals surface area contributed by atoms with E-state index in [4.69, 9.17) is 4.98 Å². The van der Waals surface area contributed by atoms with Crippen LogP contribution in [0.15, 0.2) is 72.8 Å². The number of benzene rings is 4. The molecule has 8 bridgehead atoms.